The Morgan fingerprint density at radius 2 is 2.17 bits per heavy atom. The maximum absolute atomic E-state index is 12.0. The van der Waals surface area contributed by atoms with Crippen LogP contribution < -0.4 is 10.1 Å². The number of ether oxygens (including phenoxy) is 1. The van der Waals surface area contributed by atoms with Crippen molar-refractivity contribution < 1.29 is 9.53 Å². The second-order valence-corrected chi connectivity index (χ2v) is 5.89. The van der Waals surface area contributed by atoms with Crippen LogP contribution in [0, 0.1) is 0 Å². The van der Waals surface area contributed by atoms with E-state index in [-0.39, 0.29) is 5.91 Å². The van der Waals surface area contributed by atoms with Crippen molar-refractivity contribution in [2.24, 2.45) is 0 Å². The molecular formula is C18H18ClN3O2. The average molecular weight is 344 g/mol. The lowest BCUT2D eigenvalue weighted by Gasteiger charge is -2.07. The summed E-state index contributed by atoms with van der Waals surface area (Å²) in [7, 11) is 1.63. The van der Waals surface area contributed by atoms with Gasteiger partial charge in [0.05, 0.1) is 25.4 Å². The van der Waals surface area contributed by atoms with Crippen LogP contribution in [0.4, 0.5) is 0 Å². The maximum Gasteiger partial charge on any atom is 0.222 e. The van der Waals surface area contributed by atoms with Crippen molar-refractivity contribution in [3.63, 3.8) is 0 Å². The lowest BCUT2D eigenvalue weighted by atomic mass is 10.2. The summed E-state index contributed by atoms with van der Waals surface area (Å²) in [6.07, 6.45) is 2.14. The number of methoxy groups -OCH3 is 1. The molecule has 2 aromatic carbocycles. The van der Waals surface area contributed by atoms with Crippen LogP contribution in [0.2, 0.25) is 5.02 Å². The topological polar surface area (TPSA) is 56.2 Å². The zero-order valence-corrected chi connectivity index (χ0v) is 14.1. The van der Waals surface area contributed by atoms with E-state index in [1.54, 1.807) is 13.3 Å². The molecule has 3 rings (SSSR count). The number of carbonyl (C=O) groups excluding carboxylic acids is 1. The molecule has 1 heterocycles. The molecule has 0 aliphatic rings. The smallest absolute Gasteiger partial charge is 0.222 e. The van der Waals surface area contributed by atoms with Crippen molar-refractivity contribution in [1.29, 1.82) is 0 Å². The van der Waals surface area contributed by atoms with Crippen molar-refractivity contribution in [3.8, 4) is 5.75 Å². The van der Waals surface area contributed by atoms with Crippen LogP contribution in [0.1, 0.15) is 12.0 Å². The summed E-state index contributed by atoms with van der Waals surface area (Å²) < 4.78 is 7.03. The maximum atomic E-state index is 12.0. The molecule has 0 atom stereocenters. The molecule has 24 heavy (non-hydrogen) atoms. The highest BCUT2D eigenvalue weighted by molar-refractivity contribution is 6.30. The summed E-state index contributed by atoms with van der Waals surface area (Å²) in [5.41, 5.74) is 1.96. The van der Waals surface area contributed by atoms with Gasteiger partial charge in [0.15, 0.2) is 0 Å². The number of benzene rings is 2. The van der Waals surface area contributed by atoms with Crippen LogP contribution in [0.25, 0.3) is 10.9 Å². The number of carbonyl (C=O) groups is 1. The summed E-state index contributed by atoms with van der Waals surface area (Å²) in [6.45, 7) is 0.994. The summed E-state index contributed by atoms with van der Waals surface area (Å²) >= 11 is 5.93. The SMILES string of the molecule is COc1ccc2c(cnn2CCC(=O)NCc2cccc(Cl)c2)c1. The summed E-state index contributed by atoms with van der Waals surface area (Å²) in [6, 6.07) is 13.2. The Hall–Kier alpha value is -2.53. The lowest BCUT2D eigenvalue weighted by Crippen LogP contribution is -2.24. The van der Waals surface area contributed by atoms with Crippen molar-refractivity contribution in [3.05, 3.63) is 59.2 Å². The largest absolute Gasteiger partial charge is 0.497 e. The van der Waals surface area contributed by atoms with Gasteiger partial charge in [-0.25, -0.2) is 0 Å². The molecule has 0 spiro atoms. The number of hydrogen-bond acceptors (Lipinski definition) is 3. The lowest BCUT2D eigenvalue weighted by molar-refractivity contribution is -0.121. The first-order valence-electron chi connectivity index (χ1n) is 7.66. The first-order valence-corrected chi connectivity index (χ1v) is 8.04. The quantitative estimate of drug-likeness (QED) is 0.746. The molecule has 0 radical (unpaired) electrons. The summed E-state index contributed by atoms with van der Waals surface area (Å²) in [5, 5.41) is 8.89. The number of fused-ring (bicyclic) bond motifs is 1. The van der Waals surface area contributed by atoms with Gasteiger partial charge in [-0.1, -0.05) is 23.7 Å². The average Bonchev–Trinajstić information content (AvgIpc) is 3.00. The fourth-order valence-corrected chi connectivity index (χ4v) is 2.73. The van der Waals surface area contributed by atoms with E-state index in [1.807, 2.05) is 47.1 Å². The molecule has 0 unspecified atom stereocenters. The summed E-state index contributed by atoms with van der Waals surface area (Å²) in [4.78, 5) is 12.0. The first kappa shape index (κ1) is 16.3. The van der Waals surface area contributed by atoms with Crippen LogP contribution >= 0.6 is 11.6 Å². The molecule has 0 aliphatic heterocycles. The second-order valence-electron chi connectivity index (χ2n) is 5.45. The Morgan fingerprint density at radius 1 is 1.29 bits per heavy atom. The molecule has 0 bridgehead atoms. The normalized spacial score (nSPS) is 10.8. The molecule has 1 aromatic heterocycles. The Balaban J connectivity index is 1.56. The van der Waals surface area contributed by atoms with Gasteiger partial charge in [0.2, 0.25) is 5.91 Å². The minimum atomic E-state index is -0.0212. The second kappa shape index (κ2) is 7.36. The third kappa shape index (κ3) is 3.86. The monoisotopic (exact) mass is 343 g/mol. The van der Waals surface area contributed by atoms with E-state index in [1.165, 1.54) is 0 Å². The molecule has 5 nitrogen and oxygen atoms in total. The van der Waals surface area contributed by atoms with E-state index in [9.17, 15) is 4.79 Å². The third-order valence-electron chi connectivity index (χ3n) is 3.78. The number of aryl methyl sites for hydroxylation is 1. The van der Waals surface area contributed by atoms with Gasteiger partial charge in [-0.05, 0) is 35.9 Å². The Kier molecular flexibility index (Phi) is 5.01. The van der Waals surface area contributed by atoms with E-state index in [4.69, 9.17) is 16.3 Å². The van der Waals surface area contributed by atoms with Gasteiger partial charge in [0.1, 0.15) is 5.75 Å². The van der Waals surface area contributed by atoms with Gasteiger partial charge in [-0.3, -0.25) is 9.48 Å². The highest BCUT2D eigenvalue weighted by atomic mass is 35.5. The van der Waals surface area contributed by atoms with Crippen LogP contribution in [-0.4, -0.2) is 22.8 Å². The number of nitrogens with zero attached hydrogens (tertiary/aromatic N) is 2. The zero-order chi connectivity index (χ0) is 16.9. The predicted molar refractivity (Wildman–Crippen MR) is 94.2 cm³/mol. The van der Waals surface area contributed by atoms with Crippen molar-refractivity contribution in [1.82, 2.24) is 15.1 Å². The Labute approximate surface area is 145 Å². The van der Waals surface area contributed by atoms with Crippen LogP contribution in [-0.2, 0) is 17.9 Å². The molecule has 3 aromatic rings. The van der Waals surface area contributed by atoms with E-state index >= 15 is 0 Å². The minimum Gasteiger partial charge on any atom is -0.497 e. The molecular weight excluding hydrogens is 326 g/mol. The minimum absolute atomic E-state index is 0.0212. The van der Waals surface area contributed by atoms with Crippen molar-refractivity contribution >= 4 is 28.4 Å². The summed E-state index contributed by atoms with van der Waals surface area (Å²) in [5.74, 6) is 0.772. The molecule has 1 N–H and O–H groups in total. The van der Waals surface area contributed by atoms with E-state index in [0.717, 1.165) is 22.2 Å². The third-order valence-corrected chi connectivity index (χ3v) is 4.01. The van der Waals surface area contributed by atoms with Crippen LogP contribution in [0.15, 0.2) is 48.7 Å². The predicted octanol–water partition coefficient (Wildman–Crippen LogP) is 3.40. The number of amides is 1. The first-order chi connectivity index (χ1) is 11.7. The Bertz CT molecular complexity index is 860. The number of aromatic nitrogens is 2. The fourth-order valence-electron chi connectivity index (χ4n) is 2.51. The molecule has 124 valence electrons. The Morgan fingerprint density at radius 3 is 2.96 bits per heavy atom. The highest BCUT2D eigenvalue weighted by Gasteiger charge is 2.07. The fraction of sp³-hybridized carbons (Fsp3) is 0.222. The standard InChI is InChI=1S/C18H18ClN3O2/c1-24-16-5-6-17-14(10-16)12-21-22(17)8-7-18(23)20-11-13-3-2-4-15(19)9-13/h2-6,9-10,12H,7-8,11H2,1H3,(H,20,23). The molecule has 0 saturated heterocycles. The highest BCUT2D eigenvalue weighted by Crippen LogP contribution is 2.20. The number of hydrogen-bond donors (Lipinski definition) is 1. The number of halogens is 1. The van der Waals surface area contributed by atoms with E-state index in [0.29, 0.717) is 24.5 Å². The number of rotatable bonds is 6. The van der Waals surface area contributed by atoms with Gasteiger partial charge in [-0.2, -0.15) is 5.10 Å². The molecule has 0 saturated carbocycles. The van der Waals surface area contributed by atoms with Gasteiger partial charge in [-0.15, -0.1) is 0 Å². The molecule has 1 amide bonds. The van der Waals surface area contributed by atoms with E-state index < -0.39 is 0 Å². The van der Waals surface area contributed by atoms with Crippen molar-refractivity contribution in [2.75, 3.05) is 7.11 Å². The molecule has 0 aliphatic carbocycles. The zero-order valence-electron chi connectivity index (χ0n) is 13.3. The van der Waals surface area contributed by atoms with Gasteiger partial charge in [0, 0.05) is 23.4 Å². The van der Waals surface area contributed by atoms with Gasteiger partial charge < -0.3 is 10.1 Å². The molecule has 6 heteroatoms. The van der Waals surface area contributed by atoms with Crippen molar-refractivity contribution in [2.45, 2.75) is 19.5 Å². The van der Waals surface area contributed by atoms with Gasteiger partial charge in [0.25, 0.3) is 0 Å². The van der Waals surface area contributed by atoms with Crippen LogP contribution in [0.3, 0.4) is 0 Å². The number of nitrogens with one attached hydrogen (secondary N) is 1. The van der Waals surface area contributed by atoms with Gasteiger partial charge >= 0.3 is 0 Å². The van der Waals surface area contributed by atoms with E-state index in [2.05, 4.69) is 10.4 Å². The van der Waals surface area contributed by atoms with Crippen LogP contribution in [0.5, 0.6) is 5.75 Å². The molecule has 0 fully saturated rings.